The topological polar surface area (TPSA) is 204 Å². The van der Waals surface area contributed by atoms with Gasteiger partial charge < -0.3 is 30.9 Å². The molecule has 0 unspecified atom stereocenters. The number of likely N-dealkylation sites (tertiary alicyclic amines) is 1. The Labute approximate surface area is 256 Å². The maximum Gasteiger partial charge on any atom is 0.396 e. The van der Waals surface area contributed by atoms with Crippen LogP contribution in [0.3, 0.4) is 0 Å². The van der Waals surface area contributed by atoms with Crippen molar-refractivity contribution in [1.29, 1.82) is 5.41 Å². The van der Waals surface area contributed by atoms with Crippen molar-refractivity contribution in [2.24, 2.45) is 11.7 Å². The van der Waals surface area contributed by atoms with Gasteiger partial charge in [0.05, 0.1) is 18.4 Å². The van der Waals surface area contributed by atoms with Crippen molar-refractivity contribution in [2.75, 3.05) is 39.8 Å². The molecule has 3 amide bonds. The van der Waals surface area contributed by atoms with E-state index in [1.54, 1.807) is 23.1 Å². The number of carbonyl (C=O) groups excluding carboxylic acids is 4. The molecular formula is C29H39N7O7S. The molecule has 14 nitrogen and oxygen atoms in total. The third kappa shape index (κ3) is 8.66. The second-order valence-electron chi connectivity index (χ2n) is 11.0. The van der Waals surface area contributed by atoms with Crippen molar-refractivity contribution in [3.05, 3.63) is 42.5 Å². The number of benzene rings is 2. The molecule has 4 rings (SSSR count). The van der Waals surface area contributed by atoms with Crippen molar-refractivity contribution >= 4 is 50.4 Å². The Kier molecular flexibility index (Phi) is 10.8. The molecule has 2 aliphatic rings. The van der Waals surface area contributed by atoms with Gasteiger partial charge in [-0.1, -0.05) is 30.3 Å². The Morgan fingerprint density at radius 3 is 2.50 bits per heavy atom. The summed E-state index contributed by atoms with van der Waals surface area (Å²) >= 11 is 0. The van der Waals surface area contributed by atoms with Gasteiger partial charge in [-0.3, -0.25) is 19.8 Å². The smallest absolute Gasteiger partial charge is 0.396 e. The van der Waals surface area contributed by atoms with E-state index in [1.807, 2.05) is 12.1 Å². The molecule has 238 valence electrons. The third-order valence-electron chi connectivity index (χ3n) is 7.74. The molecule has 0 aromatic heterocycles. The van der Waals surface area contributed by atoms with Crippen LogP contribution in [0.5, 0.6) is 0 Å². The van der Waals surface area contributed by atoms with E-state index >= 15 is 0 Å². The number of rotatable bonds is 12. The zero-order chi connectivity index (χ0) is 31.9. The highest BCUT2D eigenvalue weighted by Crippen LogP contribution is 2.28. The third-order valence-corrected chi connectivity index (χ3v) is 9.21. The van der Waals surface area contributed by atoms with E-state index < -0.39 is 46.2 Å². The second kappa shape index (κ2) is 14.5. The second-order valence-corrected chi connectivity index (χ2v) is 12.8. The first kappa shape index (κ1) is 32.7. The molecule has 2 atom stereocenters. The van der Waals surface area contributed by atoms with E-state index in [1.165, 1.54) is 17.0 Å². The van der Waals surface area contributed by atoms with Crippen LogP contribution in [-0.2, 0) is 33.9 Å². The van der Waals surface area contributed by atoms with Gasteiger partial charge in [-0.25, -0.2) is 13.2 Å². The molecule has 1 aliphatic heterocycles. The molecule has 2 aromatic rings. The average molecular weight is 630 g/mol. The molecule has 44 heavy (non-hydrogen) atoms. The van der Waals surface area contributed by atoms with Crippen molar-refractivity contribution in [1.82, 2.24) is 25.2 Å². The standard InChI is InChI=1S/C29H39N7O7S/c1-43-28(40)26(38)32-12-14-36(22-9-10-22)27(39)24(16-25(37)33-17-19-5-4-13-35(18-19)29(30)31)34-44(41,42)23-11-8-20-6-2-3-7-21(20)15-23/h2-3,6-8,11,15,19,22,24,34H,4-5,9-10,12-14,16-18H2,1H3,(H3,30,31)(H,32,38)(H,33,37)/t19-,24-/m0/s1. The van der Waals surface area contributed by atoms with E-state index in [9.17, 15) is 27.6 Å². The van der Waals surface area contributed by atoms with Crippen LogP contribution in [0.2, 0.25) is 0 Å². The average Bonchev–Trinajstić information content (AvgIpc) is 3.86. The summed E-state index contributed by atoms with van der Waals surface area (Å²) in [7, 11) is -3.16. The van der Waals surface area contributed by atoms with Gasteiger partial charge in [0.25, 0.3) is 0 Å². The summed E-state index contributed by atoms with van der Waals surface area (Å²) in [6.45, 7) is 1.40. The first-order valence-electron chi connectivity index (χ1n) is 14.5. The lowest BCUT2D eigenvalue weighted by Gasteiger charge is -2.33. The molecule has 1 heterocycles. The summed E-state index contributed by atoms with van der Waals surface area (Å²) in [6.07, 6.45) is 2.55. The first-order chi connectivity index (χ1) is 21.0. The maximum absolute atomic E-state index is 13.8. The highest BCUT2D eigenvalue weighted by molar-refractivity contribution is 7.89. The fourth-order valence-corrected chi connectivity index (χ4v) is 6.47. The molecule has 6 N–H and O–H groups in total. The van der Waals surface area contributed by atoms with Crippen LogP contribution in [0, 0.1) is 11.3 Å². The number of fused-ring (bicyclic) bond motifs is 1. The van der Waals surface area contributed by atoms with E-state index in [0.717, 1.165) is 25.3 Å². The van der Waals surface area contributed by atoms with Gasteiger partial charge >= 0.3 is 11.9 Å². The Morgan fingerprint density at radius 2 is 1.82 bits per heavy atom. The molecule has 2 aromatic carbocycles. The molecule has 1 saturated carbocycles. The van der Waals surface area contributed by atoms with Crippen molar-refractivity contribution in [2.45, 2.75) is 49.1 Å². The van der Waals surface area contributed by atoms with Crippen LogP contribution in [0.15, 0.2) is 47.4 Å². The van der Waals surface area contributed by atoms with Crippen LogP contribution < -0.4 is 21.1 Å². The van der Waals surface area contributed by atoms with Gasteiger partial charge in [0.2, 0.25) is 21.8 Å². The van der Waals surface area contributed by atoms with Crippen LogP contribution in [0.25, 0.3) is 10.8 Å². The van der Waals surface area contributed by atoms with E-state index in [-0.39, 0.29) is 42.4 Å². The highest BCUT2D eigenvalue weighted by Gasteiger charge is 2.38. The SMILES string of the molecule is COC(=O)C(=O)NCCN(C(=O)[C@H](CC(=O)NC[C@@H]1CCCN(C(=N)N)C1)NS(=O)(=O)c1ccc2ccccc2c1)C1CC1. The van der Waals surface area contributed by atoms with E-state index in [2.05, 4.69) is 20.1 Å². The van der Waals surface area contributed by atoms with Crippen LogP contribution >= 0.6 is 0 Å². The fraction of sp³-hybridized carbons (Fsp3) is 0.483. The Balaban J connectivity index is 1.49. The fourth-order valence-electron chi connectivity index (χ4n) is 5.25. The van der Waals surface area contributed by atoms with Gasteiger partial charge in [0.15, 0.2) is 5.96 Å². The van der Waals surface area contributed by atoms with Crippen LogP contribution in [0.4, 0.5) is 0 Å². The number of sulfonamides is 1. The van der Waals surface area contributed by atoms with Crippen LogP contribution in [-0.4, -0.2) is 99.8 Å². The Hall–Kier alpha value is -4.24. The largest absolute Gasteiger partial charge is 0.462 e. The zero-order valence-corrected chi connectivity index (χ0v) is 25.4. The summed E-state index contributed by atoms with van der Waals surface area (Å²) in [5.41, 5.74) is 5.62. The minimum atomic E-state index is -4.23. The van der Waals surface area contributed by atoms with Crippen molar-refractivity contribution < 1.29 is 32.3 Å². The molecular weight excluding hydrogens is 590 g/mol. The van der Waals surface area contributed by atoms with Crippen molar-refractivity contribution in [3.63, 3.8) is 0 Å². The molecule has 2 fully saturated rings. The predicted octanol–water partition coefficient (Wildman–Crippen LogP) is -0.121. The van der Waals surface area contributed by atoms with Crippen molar-refractivity contribution in [3.8, 4) is 0 Å². The number of carbonyl (C=O) groups is 4. The molecule has 1 aliphatic carbocycles. The molecule has 0 bridgehead atoms. The number of methoxy groups -OCH3 is 1. The number of guanidine groups is 1. The minimum Gasteiger partial charge on any atom is -0.462 e. The monoisotopic (exact) mass is 629 g/mol. The lowest BCUT2D eigenvalue weighted by molar-refractivity contribution is -0.152. The predicted molar refractivity (Wildman–Crippen MR) is 162 cm³/mol. The van der Waals surface area contributed by atoms with Gasteiger partial charge in [-0.2, -0.15) is 4.72 Å². The van der Waals surface area contributed by atoms with E-state index in [4.69, 9.17) is 11.1 Å². The van der Waals surface area contributed by atoms with Gasteiger partial charge in [0.1, 0.15) is 6.04 Å². The number of nitrogens with zero attached hydrogens (tertiary/aromatic N) is 2. The number of piperidine rings is 1. The molecule has 1 saturated heterocycles. The van der Waals surface area contributed by atoms with Gasteiger partial charge in [-0.15, -0.1) is 0 Å². The minimum absolute atomic E-state index is 0.00497. The number of ether oxygens (including phenoxy) is 1. The number of nitrogens with one attached hydrogen (secondary N) is 4. The summed E-state index contributed by atoms with van der Waals surface area (Å²) in [5.74, 6) is -3.15. The number of esters is 1. The number of hydrogen-bond acceptors (Lipinski definition) is 8. The van der Waals surface area contributed by atoms with Gasteiger partial charge in [-0.05, 0) is 54.5 Å². The molecule has 15 heteroatoms. The summed E-state index contributed by atoms with van der Waals surface area (Å²) in [5, 5.41) is 14.4. The summed E-state index contributed by atoms with van der Waals surface area (Å²) in [4.78, 5) is 53.4. The lowest BCUT2D eigenvalue weighted by atomic mass is 9.98. The number of nitrogens with two attached hydrogens (primary N) is 1. The zero-order valence-electron chi connectivity index (χ0n) is 24.6. The number of amides is 3. The Bertz CT molecular complexity index is 1510. The lowest BCUT2D eigenvalue weighted by Crippen LogP contribution is -2.53. The normalized spacial score (nSPS) is 17.4. The highest BCUT2D eigenvalue weighted by atomic mass is 32.2. The van der Waals surface area contributed by atoms with Crippen LogP contribution in [0.1, 0.15) is 32.1 Å². The maximum atomic E-state index is 13.8. The summed E-state index contributed by atoms with van der Waals surface area (Å²) in [6, 6.07) is 10.3. The molecule has 0 spiro atoms. The first-order valence-corrected chi connectivity index (χ1v) is 16.0. The Morgan fingerprint density at radius 1 is 1.09 bits per heavy atom. The van der Waals surface area contributed by atoms with Gasteiger partial charge in [0, 0.05) is 38.8 Å². The quantitative estimate of drug-likeness (QED) is 0.0917. The molecule has 0 radical (unpaired) electrons. The van der Waals surface area contributed by atoms with E-state index in [0.29, 0.717) is 31.3 Å². The number of hydrogen-bond donors (Lipinski definition) is 5. The summed E-state index contributed by atoms with van der Waals surface area (Å²) < 4.78 is 33.9.